The number of ether oxygens (including phenoxy) is 1. The number of rotatable bonds is 6. The molecule has 7 nitrogen and oxygen atoms in total. The Morgan fingerprint density at radius 1 is 1.08 bits per heavy atom. The number of anilines is 2. The van der Waals surface area contributed by atoms with E-state index in [9.17, 15) is 19.5 Å². The average Bonchev–Trinajstić information content (AvgIpc) is 2.99. The fraction of sp³-hybridized carbons (Fsp3) is 0.471. The molecule has 0 atom stereocenters. The molecule has 7 heteroatoms. The molecule has 0 unspecified atom stereocenters. The zero-order valence-corrected chi connectivity index (χ0v) is 13.6. The topological polar surface area (TPSA) is 105 Å². The predicted octanol–water partition coefficient (Wildman–Crippen LogP) is 3.23. The first kappa shape index (κ1) is 17.8. The van der Waals surface area contributed by atoms with E-state index in [0.29, 0.717) is 24.2 Å². The van der Waals surface area contributed by atoms with Gasteiger partial charge >= 0.3 is 12.1 Å². The summed E-state index contributed by atoms with van der Waals surface area (Å²) in [5.74, 6) is -1.21. The Balaban J connectivity index is 1.92. The fourth-order valence-electron chi connectivity index (χ4n) is 2.95. The lowest BCUT2D eigenvalue weighted by atomic mass is 9.82. The van der Waals surface area contributed by atoms with Gasteiger partial charge in [0.05, 0.1) is 12.0 Å². The molecule has 3 N–H and O–H groups in total. The third kappa shape index (κ3) is 4.47. The van der Waals surface area contributed by atoms with Crippen molar-refractivity contribution < 1.29 is 24.2 Å². The van der Waals surface area contributed by atoms with Crippen LogP contribution >= 0.6 is 0 Å². The van der Waals surface area contributed by atoms with Crippen LogP contribution in [0.4, 0.5) is 16.2 Å². The SMILES string of the molecule is CCOC(=O)Nc1ccc(NC(=O)CC2(C(=O)O)CCCC2)cc1. The van der Waals surface area contributed by atoms with E-state index in [-0.39, 0.29) is 18.9 Å². The highest BCUT2D eigenvalue weighted by molar-refractivity contribution is 5.94. The van der Waals surface area contributed by atoms with Crippen LogP contribution in [-0.4, -0.2) is 29.7 Å². The number of carbonyl (C=O) groups excluding carboxylic acids is 2. The minimum Gasteiger partial charge on any atom is -0.481 e. The molecule has 0 spiro atoms. The Morgan fingerprint density at radius 2 is 1.62 bits per heavy atom. The van der Waals surface area contributed by atoms with Crippen LogP contribution in [0.25, 0.3) is 0 Å². The van der Waals surface area contributed by atoms with Crippen molar-refractivity contribution in [2.75, 3.05) is 17.2 Å². The van der Waals surface area contributed by atoms with Crippen molar-refractivity contribution in [3.05, 3.63) is 24.3 Å². The lowest BCUT2D eigenvalue weighted by Gasteiger charge is -2.22. The van der Waals surface area contributed by atoms with E-state index in [1.54, 1.807) is 31.2 Å². The van der Waals surface area contributed by atoms with Crippen molar-refractivity contribution in [3.8, 4) is 0 Å². The summed E-state index contributed by atoms with van der Waals surface area (Å²) in [5, 5.41) is 14.7. The van der Waals surface area contributed by atoms with Gasteiger partial charge < -0.3 is 15.2 Å². The van der Waals surface area contributed by atoms with Gasteiger partial charge in [-0.25, -0.2) is 4.79 Å². The molecule has 1 aromatic carbocycles. The van der Waals surface area contributed by atoms with Crippen LogP contribution in [0.2, 0.25) is 0 Å². The highest BCUT2D eigenvalue weighted by Crippen LogP contribution is 2.41. The van der Waals surface area contributed by atoms with Gasteiger partial charge in [0, 0.05) is 17.8 Å². The first-order chi connectivity index (χ1) is 11.4. The zero-order valence-electron chi connectivity index (χ0n) is 13.6. The first-order valence-electron chi connectivity index (χ1n) is 8.02. The van der Waals surface area contributed by atoms with Gasteiger partial charge in [-0.2, -0.15) is 0 Å². The number of carboxylic acid groups (broad SMARTS) is 1. The monoisotopic (exact) mass is 334 g/mol. The van der Waals surface area contributed by atoms with E-state index in [2.05, 4.69) is 10.6 Å². The molecule has 1 aliphatic rings. The van der Waals surface area contributed by atoms with Crippen LogP contribution in [-0.2, 0) is 14.3 Å². The molecule has 1 aromatic rings. The van der Waals surface area contributed by atoms with E-state index < -0.39 is 17.5 Å². The number of nitrogens with one attached hydrogen (secondary N) is 2. The smallest absolute Gasteiger partial charge is 0.411 e. The van der Waals surface area contributed by atoms with E-state index in [0.717, 1.165) is 12.8 Å². The lowest BCUT2D eigenvalue weighted by molar-refractivity contribution is -0.150. The van der Waals surface area contributed by atoms with Gasteiger partial charge in [0.2, 0.25) is 5.91 Å². The number of aliphatic carboxylic acids is 1. The molecule has 0 heterocycles. The molecule has 130 valence electrons. The first-order valence-corrected chi connectivity index (χ1v) is 8.02. The standard InChI is InChI=1S/C17H22N2O5/c1-2-24-16(23)19-13-7-5-12(6-8-13)18-14(20)11-17(15(21)22)9-3-4-10-17/h5-8H,2-4,9-11H2,1H3,(H,18,20)(H,19,23)(H,21,22). The number of hydrogen-bond donors (Lipinski definition) is 3. The number of hydrogen-bond acceptors (Lipinski definition) is 4. The third-order valence-electron chi connectivity index (χ3n) is 4.20. The Morgan fingerprint density at radius 3 is 2.12 bits per heavy atom. The highest BCUT2D eigenvalue weighted by atomic mass is 16.5. The van der Waals surface area contributed by atoms with E-state index in [1.807, 2.05) is 0 Å². The molecule has 24 heavy (non-hydrogen) atoms. The molecule has 0 bridgehead atoms. The van der Waals surface area contributed by atoms with Crippen molar-refractivity contribution in [2.45, 2.75) is 39.0 Å². The predicted molar refractivity (Wildman–Crippen MR) is 88.9 cm³/mol. The molecule has 1 saturated carbocycles. The zero-order chi connectivity index (χ0) is 17.6. The van der Waals surface area contributed by atoms with Crippen LogP contribution < -0.4 is 10.6 Å². The second-order valence-corrected chi connectivity index (χ2v) is 5.94. The third-order valence-corrected chi connectivity index (χ3v) is 4.20. The van der Waals surface area contributed by atoms with Crippen molar-refractivity contribution in [2.24, 2.45) is 5.41 Å². The van der Waals surface area contributed by atoms with Crippen molar-refractivity contribution in [1.29, 1.82) is 0 Å². The maximum atomic E-state index is 12.2. The van der Waals surface area contributed by atoms with Crippen LogP contribution in [0.15, 0.2) is 24.3 Å². The van der Waals surface area contributed by atoms with Crippen molar-refractivity contribution in [1.82, 2.24) is 0 Å². The van der Waals surface area contributed by atoms with E-state index in [4.69, 9.17) is 4.74 Å². The van der Waals surface area contributed by atoms with Crippen LogP contribution in [0.5, 0.6) is 0 Å². The van der Waals surface area contributed by atoms with Gasteiger partial charge in [-0.15, -0.1) is 0 Å². The summed E-state index contributed by atoms with van der Waals surface area (Å²) in [7, 11) is 0. The Labute approximate surface area is 140 Å². The van der Waals surface area contributed by atoms with Gasteiger partial charge in [-0.3, -0.25) is 14.9 Å². The average molecular weight is 334 g/mol. The highest BCUT2D eigenvalue weighted by Gasteiger charge is 2.42. The Bertz CT molecular complexity index is 606. The molecular weight excluding hydrogens is 312 g/mol. The molecule has 2 amide bonds. The van der Waals surface area contributed by atoms with E-state index >= 15 is 0 Å². The lowest BCUT2D eigenvalue weighted by Crippen LogP contribution is -2.32. The van der Waals surface area contributed by atoms with Crippen molar-refractivity contribution in [3.63, 3.8) is 0 Å². The van der Waals surface area contributed by atoms with Crippen LogP contribution in [0.1, 0.15) is 39.0 Å². The molecule has 0 aromatic heterocycles. The molecule has 1 aliphatic carbocycles. The molecule has 0 radical (unpaired) electrons. The van der Waals surface area contributed by atoms with Crippen LogP contribution in [0, 0.1) is 5.41 Å². The molecule has 0 saturated heterocycles. The quantitative estimate of drug-likeness (QED) is 0.741. The minimum absolute atomic E-state index is 0.0227. The summed E-state index contributed by atoms with van der Waals surface area (Å²) < 4.78 is 4.77. The van der Waals surface area contributed by atoms with E-state index in [1.165, 1.54) is 0 Å². The largest absolute Gasteiger partial charge is 0.481 e. The molecule has 1 fully saturated rings. The van der Waals surface area contributed by atoms with Crippen LogP contribution in [0.3, 0.4) is 0 Å². The second kappa shape index (κ2) is 7.81. The van der Waals surface area contributed by atoms with Gasteiger partial charge in [-0.1, -0.05) is 12.8 Å². The summed E-state index contributed by atoms with van der Waals surface area (Å²) >= 11 is 0. The summed E-state index contributed by atoms with van der Waals surface area (Å²) in [6.45, 7) is 2.00. The number of amides is 2. The summed E-state index contributed by atoms with van der Waals surface area (Å²) in [4.78, 5) is 35.0. The van der Waals surface area contributed by atoms with Crippen molar-refractivity contribution >= 4 is 29.3 Å². The normalized spacial score (nSPS) is 15.5. The minimum atomic E-state index is -0.935. The summed E-state index contributed by atoms with van der Waals surface area (Å²) in [6, 6.07) is 6.55. The summed E-state index contributed by atoms with van der Waals surface area (Å²) in [6.07, 6.45) is 2.20. The number of benzene rings is 1. The maximum Gasteiger partial charge on any atom is 0.411 e. The maximum absolute atomic E-state index is 12.2. The van der Waals surface area contributed by atoms with Gasteiger partial charge in [0.25, 0.3) is 0 Å². The fourth-order valence-corrected chi connectivity index (χ4v) is 2.95. The molecular formula is C17H22N2O5. The number of carbonyl (C=O) groups is 3. The second-order valence-electron chi connectivity index (χ2n) is 5.94. The molecule has 0 aliphatic heterocycles. The Hall–Kier alpha value is -2.57. The van der Waals surface area contributed by atoms with Gasteiger partial charge in [-0.05, 0) is 44.0 Å². The summed E-state index contributed by atoms with van der Waals surface area (Å²) in [5.41, 5.74) is 0.160. The Kier molecular flexibility index (Phi) is 5.78. The molecule has 2 rings (SSSR count). The van der Waals surface area contributed by atoms with Gasteiger partial charge in [0.1, 0.15) is 0 Å². The number of carboxylic acids is 1. The van der Waals surface area contributed by atoms with Gasteiger partial charge in [0.15, 0.2) is 0 Å².